The van der Waals surface area contributed by atoms with Crippen LogP contribution in [0.4, 0.5) is 5.69 Å². The molecule has 1 amide bonds. The number of fused-ring (bicyclic) bond motifs is 1. The topological polar surface area (TPSA) is 84.5 Å². The van der Waals surface area contributed by atoms with Crippen molar-refractivity contribution in [3.8, 4) is 5.75 Å². The van der Waals surface area contributed by atoms with Crippen LogP contribution in [0.2, 0.25) is 0 Å². The minimum atomic E-state index is -3.65. The molecule has 2 N–H and O–H groups in total. The first-order valence-electron chi connectivity index (χ1n) is 8.81. The lowest BCUT2D eigenvalue weighted by Crippen LogP contribution is -2.28. The minimum absolute atomic E-state index is 0.0186. The lowest BCUT2D eigenvalue weighted by molar-refractivity contribution is -0.115. The van der Waals surface area contributed by atoms with Gasteiger partial charge in [0.25, 0.3) is 0 Å². The van der Waals surface area contributed by atoms with Crippen LogP contribution in [0.1, 0.15) is 31.9 Å². The molecule has 0 atom stereocenters. The van der Waals surface area contributed by atoms with Crippen molar-refractivity contribution in [3.05, 3.63) is 53.6 Å². The lowest BCUT2D eigenvalue weighted by atomic mass is 9.87. The molecule has 2 aromatic carbocycles. The van der Waals surface area contributed by atoms with Gasteiger partial charge in [0.2, 0.25) is 15.9 Å². The molecule has 2 aromatic rings. The molecule has 27 heavy (non-hydrogen) atoms. The molecule has 1 aliphatic heterocycles. The predicted molar refractivity (Wildman–Crippen MR) is 105 cm³/mol. The van der Waals surface area contributed by atoms with Crippen molar-refractivity contribution >= 4 is 21.6 Å². The van der Waals surface area contributed by atoms with Gasteiger partial charge >= 0.3 is 0 Å². The molecule has 1 heterocycles. The fraction of sp³-hybridized carbons (Fsp3) is 0.350. The number of ether oxygens (including phenoxy) is 1. The average molecular weight is 388 g/mol. The highest BCUT2D eigenvalue weighted by Crippen LogP contribution is 2.26. The number of hydrogen-bond donors (Lipinski definition) is 2. The third kappa shape index (κ3) is 4.67. The molecule has 0 unspecified atom stereocenters. The summed E-state index contributed by atoms with van der Waals surface area (Å²) in [6, 6.07) is 12.4. The zero-order valence-corrected chi connectivity index (χ0v) is 16.5. The normalized spacial score (nSPS) is 14.0. The van der Waals surface area contributed by atoms with E-state index in [4.69, 9.17) is 4.74 Å². The molecule has 7 heteroatoms. The Labute approximate surface area is 160 Å². The van der Waals surface area contributed by atoms with Crippen molar-refractivity contribution in [1.82, 2.24) is 4.72 Å². The number of amides is 1. The van der Waals surface area contributed by atoms with Gasteiger partial charge in [0.05, 0.1) is 11.3 Å². The molecule has 6 nitrogen and oxygen atoms in total. The summed E-state index contributed by atoms with van der Waals surface area (Å²) >= 11 is 0. The highest BCUT2D eigenvalue weighted by Gasteiger charge is 2.21. The fourth-order valence-corrected chi connectivity index (χ4v) is 3.92. The third-order valence-corrected chi connectivity index (χ3v) is 5.83. The molecule has 0 aromatic heterocycles. The Hall–Kier alpha value is -2.38. The first kappa shape index (κ1) is 19.4. The van der Waals surface area contributed by atoms with E-state index in [9.17, 15) is 13.2 Å². The summed E-state index contributed by atoms with van der Waals surface area (Å²) in [6.45, 7) is 6.74. The number of carbonyl (C=O) groups excluding carboxylic acids is 1. The van der Waals surface area contributed by atoms with Gasteiger partial charge in [0, 0.05) is 12.2 Å². The van der Waals surface area contributed by atoms with Crippen molar-refractivity contribution in [2.75, 3.05) is 18.5 Å². The Balaban J connectivity index is 1.58. The zero-order valence-electron chi connectivity index (χ0n) is 15.7. The van der Waals surface area contributed by atoms with Crippen molar-refractivity contribution in [1.29, 1.82) is 0 Å². The number of rotatable bonds is 6. The fourth-order valence-electron chi connectivity index (χ4n) is 2.85. The Bertz CT molecular complexity index is 962. The van der Waals surface area contributed by atoms with E-state index in [0.717, 1.165) is 5.56 Å². The summed E-state index contributed by atoms with van der Waals surface area (Å²) in [5.41, 5.74) is 2.53. The SMILES string of the molecule is CC(C)(C)c1cccc(OCCNS(=O)(=O)c2ccc3c(c2)CC(=O)N3)c1. The van der Waals surface area contributed by atoms with E-state index in [1.807, 2.05) is 24.3 Å². The van der Waals surface area contributed by atoms with Crippen LogP contribution in [0.5, 0.6) is 5.75 Å². The number of hydrogen-bond acceptors (Lipinski definition) is 4. The van der Waals surface area contributed by atoms with Gasteiger partial charge in [-0.05, 0) is 46.9 Å². The van der Waals surface area contributed by atoms with Crippen molar-refractivity contribution in [3.63, 3.8) is 0 Å². The molecule has 0 bridgehead atoms. The van der Waals surface area contributed by atoms with Gasteiger partial charge in [-0.15, -0.1) is 0 Å². The van der Waals surface area contributed by atoms with Crippen LogP contribution in [-0.2, 0) is 26.7 Å². The lowest BCUT2D eigenvalue weighted by Gasteiger charge is -2.19. The molecule has 0 saturated carbocycles. The van der Waals surface area contributed by atoms with Crippen LogP contribution < -0.4 is 14.8 Å². The molecule has 0 fully saturated rings. The van der Waals surface area contributed by atoms with Gasteiger partial charge < -0.3 is 10.1 Å². The summed E-state index contributed by atoms with van der Waals surface area (Å²) in [6.07, 6.45) is 0.200. The van der Waals surface area contributed by atoms with Gasteiger partial charge in [-0.3, -0.25) is 4.79 Å². The predicted octanol–water partition coefficient (Wildman–Crippen LogP) is 2.84. The van der Waals surface area contributed by atoms with E-state index in [1.165, 1.54) is 12.1 Å². The van der Waals surface area contributed by atoms with E-state index >= 15 is 0 Å². The van der Waals surface area contributed by atoms with Crippen molar-refractivity contribution < 1.29 is 17.9 Å². The van der Waals surface area contributed by atoms with E-state index in [0.29, 0.717) is 17.0 Å². The summed E-state index contributed by atoms with van der Waals surface area (Å²) in [5, 5.41) is 2.69. The van der Waals surface area contributed by atoms with Crippen LogP contribution in [0.25, 0.3) is 0 Å². The number of nitrogens with one attached hydrogen (secondary N) is 2. The van der Waals surface area contributed by atoms with Crippen LogP contribution in [0, 0.1) is 0 Å². The van der Waals surface area contributed by atoms with Crippen LogP contribution in [-0.4, -0.2) is 27.5 Å². The monoisotopic (exact) mass is 388 g/mol. The van der Waals surface area contributed by atoms with Crippen molar-refractivity contribution in [2.24, 2.45) is 0 Å². The Morgan fingerprint density at radius 3 is 2.67 bits per heavy atom. The number of benzene rings is 2. The molecule has 0 saturated heterocycles. The molecule has 3 rings (SSSR count). The van der Waals surface area contributed by atoms with Gasteiger partial charge in [-0.25, -0.2) is 13.1 Å². The highest BCUT2D eigenvalue weighted by atomic mass is 32.2. The van der Waals surface area contributed by atoms with Gasteiger partial charge in [-0.2, -0.15) is 0 Å². The summed E-state index contributed by atoms with van der Waals surface area (Å²) in [7, 11) is -3.65. The van der Waals surface area contributed by atoms with Crippen LogP contribution in [0.3, 0.4) is 0 Å². The molecule has 144 valence electrons. The second kappa shape index (κ2) is 7.32. The zero-order chi connectivity index (χ0) is 19.7. The maximum Gasteiger partial charge on any atom is 0.240 e. The van der Waals surface area contributed by atoms with Gasteiger partial charge in [-0.1, -0.05) is 32.9 Å². The minimum Gasteiger partial charge on any atom is -0.492 e. The third-order valence-electron chi connectivity index (χ3n) is 4.38. The maximum absolute atomic E-state index is 12.4. The molecule has 0 radical (unpaired) electrons. The number of anilines is 1. The molecule has 0 aliphatic carbocycles. The standard InChI is InChI=1S/C20H24N2O4S/c1-20(2,3)15-5-4-6-16(13-15)26-10-9-21-27(24,25)17-7-8-18-14(11-17)12-19(23)22-18/h4-8,11,13,21H,9-10,12H2,1-3H3,(H,22,23). The molecular formula is C20H24N2O4S. The van der Waals surface area contributed by atoms with Gasteiger partial charge in [0.15, 0.2) is 0 Å². The molecule has 0 spiro atoms. The largest absolute Gasteiger partial charge is 0.492 e. The average Bonchev–Trinajstić information content (AvgIpc) is 2.97. The first-order valence-corrected chi connectivity index (χ1v) is 10.3. The summed E-state index contributed by atoms with van der Waals surface area (Å²) in [4.78, 5) is 11.5. The van der Waals surface area contributed by atoms with Crippen molar-refractivity contribution in [2.45, 2.75) is 37.5 Å². The Kier molecular flexibility index (Phi) is 5.26. The smallest absolute Gasteiger partial charge is 0.240 e. The van der Waals surface area contributed by atoms with Crippen LogP contribution in [0.15, 0.2) is 47.4 Å². The maximum atomic E-state index is 12.4. The second-order valence-corrected chi connectivity index (χ2v) is 9.33. The Morgan fingerprint density at radius 2 is 1.93 bits per heavy atom. The van der Waals surface area contributed by atoms with E-state index in [1.54, 1.807) is 6.07 Å². The van der Waals surface area contributed by atoms with Gasteiger partial charge in [0.1, 0.15) is 12.4 Å². The first-order chi connectivity index (χ1) is 12.6. The van der Waals surface area contributed by atoms with Crippen LogP contribution >= 0.6 is 0 Å². The molecular weight excluding hydrogens is 364 g/mol. The number of sulfonamides is 1. The molecule has 1 aliphatic rings. The highest BCUT2D eigenvalue weighted by molar-refractivity contribution is 7.89. The van der Waals surface area contributed by atoms with E-state index in [2.05, 4.69) is 30.8 Å². The number of carbonyl (C=O) groups is 1. The summed E-state index contributed by atoms with van der Waals surface area (Å²) in [5.74, 6) is 0.585. The van der Waals surface area contributed by atoms with E-state index in [-0.39, 0.29) is 35.8 Å². The summed E-state index contributed by atoms with van der Waals surface area (Å²) < 4.78 is 33.1. The van der Waals surface area contributed by atoms with E-state index < -0.39 is 10.0 Å². The Morgan fingerprint density at radius 1 is 1.15 bits per heavy atom. The second-order valence-electron chi connectivity index (χ2n) is 7.57. The quantitative estimate of drug-likeness (QED) is 0.746.